The Kier molecular flexibility index (Phi) is 4.89. The van der Waals surface area contributed by atoms with Crippen LogP contribution in [0.25, 0.3) is 0 Å². The van der Waals surface area contributed by atoms with E-state index in [0.29, 0.717) is 5.91 Å². The molecule has 2 fully saturated rings. The SMILES string of the molecule is Cc1ccc(Cl)cc1N1CCN(C(=O)C2CCNCC2)CC1. The maximum absolute atomic E-state index is 12.6. The molecule has 1 amide bonds. The first-order chi connectivity index (χ1) is 10.6. The Morgan fingerprint density at radius 3 is 2.55 bits per heavy atom. The minimum Gasteiger partial charge on any atom is -0.368 e. The summed E-state index contributed by atoms with van der Waals surface area (Å²) in [7, 11) is 0. The minimum absolute atomic E-state index is 0.223. The van der Waals surface area contributed by atoms with Crippen molar-refractivity contribution in [3.05, 3.63) is 28.8 Å². The topological polar surface area (TPSA) is 35.6 Å². The monoisotopic (exact) mass is 321 g/mol. The lowest BCUT2D eigenvalue weighted by Gasteiger charge is -2.38. The van der Waals surface area contributed by atoms with Crippen molar-refractivity contribution >= 4 is 23.2 Å². The van der Waals surface area contributed by atoms with E-state index >= 15 is 0 Å². The van der Waals surface area contributed by atoms with Crippen LogP contribution in [0.1, 0.15) is 18.4 Å². The number of carbonyl (C=O) groups is 1. The number of anilines is 1. The van der Waals surface area contributed by atoms with Gasteiger partial charge < -0.3 is 15.1 Å². The molecule has 5 heteroatoms. The number of nitrogens with one attached hydrogen (secondary N) is 1. The van der Waals surface area contributed by atoms with Crippen molar-refractivity contribution < 1.29 is 4.79 Å². The zero-order valence-corrected chi connectivity index (χ0v) is 13.9. The number of amides is 1. The van der Waals surface area contributed by atoms with Crippen LogP contribution in [0, 0.1) is 12.8 Å². The lowest BCUT2D eigenvalue weighted by atomic mass is 9.96. The second-order valence-electron chi connectivity index (χ2n) is 6.27. The number of hydrogen-bond acceptors (Lipinski definition) is 3. The molecule has 22 heavy (non-hydrogen) atoms. The minimum atomic E-state index is 0.223. The Labute approximate surface area is 137 Å². The van der Waals surface area contributed by atoms with E-state index < -0.39 is 0 Å². The van der Waals surface area contributed by atoms with E-state index in [1.807, 2.05) is 17.0 Å². The molecule has 2 saturated heterocycles. The molecule has 0 spiro atoms. The zero-order chi connectivity index (χ0) is 15.5. The highest BCUT2D eigenvalue weighted by Crippen LogP contribution is 2.26. The van der Waals surface area contributed by atoms with Gasteiger partial charge in [-0.3, -0.25) is 4.79 Å². The molecule has 2 aliphatic rings. The van der Waals surface area contributed by atoms with Crippen molar-refractivity contribution in [3.63, 3.8) is 0 Å². The first-order valence-electron chi connectivity index (χ1n) is 8.16. The summed E-state index contributed by atoms with van der Waals surface area (Å²) in [6, 6.07) is 6.02. The van der Waals surface area contributed by atoms with Crippen LogP contribution in [0.4, 0.5) is 5.69 Å². The van der Waals surface area contributed by atoms with E-state index in [1.165, 1.54) is 11.3 Å². The van der Waals surface area contributed by atoms with Crippen molar-refractivity contribution in [1.29, 1.82) is 0 Å². The van der Waals surface area contributed by atoms with Gasteiger partial charge in [-0.1, -0.05) is 17.7 Å². The molecule has 2 heterocycles. The van der Waals surface area contributed by atoms with Crippen LogP contribution < -0.4 is 10.2 Å². The molecule has 4 nitrogen and oxygen atoms in total. The molecule has 0 saturated carbocycles. The molecular formula is C17H24ClN3O. The summed E-state index contributed by atoms with van der Waals surface area (Å²) >= 11 is 6.12. The second kappa shape index (κ2) is 6.88. The summed E-state index contributed by atoms with van der Waals surface area (Å²) in [5.41, 5.74) is 2.43. The number of hydrogen-bond donors (Lipinski definition) is 1. The van der Waals surface area contributed by atoms with Gasteiger partial charge in [0, 0.05) is 42.8 Å². The van der Waals surface area contributed by atoms with E-state index in [2.05, 4.69) is 23.2 Å². The van der Waals surface area contributed by atoms with Gasteiger partial charge in [0.25, 0.3) is 0 Å². The van der Waals surface area contributed by atoms with Crippen molar-refractivity contribution in [2.75, 3.05) is 44.2 Å². The van der Waals surface area contributed by atoms with Gasteiger partial charge in [0.05, 0.1) is 0 Å². The molecule has 3 rings (SSSR count). The summed E-state index contributed by atoms with van der Waals surface area (Å²) in [6.45, 7) is 7.45. The summed E-state index contributed by atoms with van der Waals surface area (Å²) in [4.78, 5) is 17.0. The summed E-state index contributed by atoms with van der Waals surface area (Å²) in [6.07, 6.45) is 1.96. The third-order valence-electron chi connectivity index (χ3n) is 4.79. The molecular weight excluding hydrogens is 298 g/mol. The highest BCUT2D eigenvalue weighted by molar-refractivity contribution is 6.30. The third-order valence-corrected chi connectivity index (χ3v) is 5.03. The van der Waals surface area contributed by atoms with Gasteiger partial charge in [-0.2, -0.15) is 0 Å². The molecule has 0 aliphatic carbocycles. The van der Waals surface area contributed by atoms with Gasteiger partial charge in [-0.15, -0.1) is 0 Å². The van der Waals surface area contributed by atoms with E-state index in [4.69, 9.17) is 11.6 Å². The number of benzene rings is 1. The average Bonchev–Trinajstić information content (AvgIpc) is 2.57. The average molecular weight is 322 g/mol. The molecule has 1 aromatic carbocycles. The predicted octanol–water partition coefficient (Wildman–Crippen LogP) is 2.30. The van der Waals surface area contributed by atoms with Gasteiger partial charge in [0.2, 0.25) is 5.91 Å². The van der Waals surface area contributed by atoms with E-state index in [0.717, 1.165) is 57.1 Å². The summed E-state index contributed by atoms with van der Waals surface area (Å²) in [5, 5.41) is 4.09. The lowest BCUT2D eigenvalue weighted by Crippen LogP contribution is -2.51. The Morgan fingerprint density at radius 2 is 1.86 bits per heavy atom. The molecule has 0 unspecified atom stereocenters. The van der Waals surface area contributed by atoms with Crippen LogP contribution in [0.5, 0.6) is 0 Å². The molecule has 1 aromatic rings. The van der Waals surface area contributed by atoms with Crippen molar-refractivity contribution in [1.82, 2.24) is 10.2 Å². The molecule has 120 valence electrons. The van der Waals surface area contributed by atoms with Gasteiger partial charge in [0.1, 0.15) is 0 Å². The molecule has 1 N–H and O–H groups in total. The van der Waals surface area contributed by atoms with Crippen LogP contribution in [-0.2, 0) is 4.79 Å². The van der Waals surface area contributed by atoms with E-state index in [9.17, 15) is 4.79 Å². The first kappa shape index (κ1) is 15.6. The van der Waals surface area contributed by atoms with Crippen LogP contribution in [0.2, 0.25) is 5.02 Å². The van der Waals surface area contributed by atoms with Crippen molar-refractivity contribution in [3.8, 4) is 0 Å². The quantitative estimate of drug-likeness (QED) is 0.908. The Morgan fingerprint density at radius 1 is 1.18 bits per heavy atom. The maximum Gasteiger partial charge on any atom is 0.225 e. The third kappa shape index (κ3) is 3.39. The van der Waals surface area contributed by atoms with Crippen molar-refractivity contribution in [2.45, 2.75) is 19.8 Å². The van der Waals surface area contributed by atoms with E-state index in [1.54, 1.807) is 0 Å². The van der Waals surface area contributed by atoms with Crippen LogP contribution in [-0.4, -0.2) is 50.1 Å². The fourth-order valence-electron chi connectivity index (χ4n) is 3.42. The Balaban J connectivity index is 1.60. The lowest BCUT2D eigenvalue weighted by molar-refractivity contribution is -0.136. The number of nitrogens with zero attached hydrogens (tertiary/aromatic N) is 2. The molecule has 0 aromatic heterocycles. The number of aryl methyl sites for hydroxylation is 1. The largest absolute Gasteiger partial charge is 0.368 e. The van der Waals surface area contributed by atoms with Crippen LogP contribution in [0.15, 0.2) is 18.2 Å². The summed E-state index contributed by atoms with van der Waals surface area (Å²) < 4.78 is 0. The highest BCUT2D eigenvalue weighted by Gasteiger charge is 2.28. The van der Waals surface area contributed by atoms with Gasteiger partial charge in [-0.05, 0) is 50.6 Å². The normalized spacial score (nSPS) is 20.3. The van der Waals surface area contributed by atoms with Crippen molar-refractivity contribution in [2.24, 2.45) is 5.92 Å². The fourth-order valence-corrected chi connectivity index (χ4v) is 3.58. The number of piperazine rings is 1. The molecule has 0 radical (unpaired) electrons. The maximum atomic E-state index is 12.6. The number of carbonyl (C=O) groups excluding carboxylic acids is 1. The molecule has 0 atom stereocenters. The van der Waals surface area contributed by atoms with Gasteiger partial charge in [0.15, 0.2) is 0 Å². The number of piperidine rings is 1. The van der Waals surface area contributed by atoms with Gasteiger partial charge >= 0.3 is 0 Å². The van der Waals surface area contributed by atoms with Crippen LogP contribution >= 0.6 is 11.6 Å². The second-order valence-corrected chi connectivity index (χ2v) is 6.70. The Hall–Kier alpha value is -1.26. The number of halogens is 1. The highest BCUT2D eigenvalue weighted by atomic mass is 35.5. The summed E-state index contributed by atoms with van der Waals surface area (Å²) in [5.74, 6) is 0.574. The van der Waals surface area contributed by atoms with E-state index in [-0.39, 0.29) is 5.92 Å². The fraction of sp³-hybridized carbons (Fsp3) is 0.588. The number of rotatable bonds is 2. The molecule has 2 aliphatic heterocycles. The van der Waals surface area contributed by atoms with Gasteiger partial charge in [-0.25, -0.2) is 0 Å². The first-order valence-corrected chi connectivity index (χ1v) is 8.53. The standard InChI is InChI=1S/C17H24ClN3O/c1-13-2-3-15(18)12-16(13)20-8-10-21(11-9-20)17(22)14-4-6-19-7-5-14/h2-3,12,14,19H,4-11H2,1H3. The molecule has 0 bridgehead atoms. The Bertz CT molecular complexity index is 535. The predicted molar refractivity (Wildman–Crippen MR) is 90.6 cm³/mol. The van der Waals surface area contributed by atoms with Crippen LogP contribution in [0.3, 0.4) is 0 Å². The zero-order valence-electron chi connectivity index (χ0n) is 13.1. The smallest absolute Gasteiger partial charge is 0.225 e.